The van der Waals surface area contributed by atoms with Gasteiger partial charge in [0, 0.05) is 38.3 Å². The molecule has 2 aromatic heterocycles. The molecule has 1 saturated carbocycles. The number of pyridine rings is 1. The number of hydrogen-bond acceptors (Lipinski definition) is 6. The Morgan fingerprint density at radius 3 is 2.29 bits per heavy atom. The lowest BCUT2D eigenvalue weighted by atomic mass is 10.2. The summed E-state index contributed by atoms with van der Waals surface area (Å²) in [7, 11) is 0. The molecule has 2 aliphatic rings. The minimum absolute atomic E-state index is 0.00317. The highest BCUT2D eigenvalue weighted by molar-refractivity contribution is 5.53. The Balaban J connectivity index is 1.44. The molecular formula is C16H18F2N6. The van der Waals surface area contributed by atoms with E-state index in [1.807, 2.05) is 6.07 Å². The van der Waals surface area contributed by atoms with Gasteiger partial charge in [-0.2, -0.15) is 0 Å². The molecule has 8 heteroatoms. The highest BCUT2D eigenvalue weighted by Crippen LogP contribution is 2.27. The molecule has 0 aromatic carbocycles. The molecule has 1 aliphatic carbocycles. The van der Waals surface area contributed by atoms with Crippen LogP contribution in [0.2, 0.25) is 0 Å². The summed E-state index contributed by atoms with van der Waals surface area (Å²) >= 11 is 0. The van der Waals surface area contributed by atoms with Gasteiger partial charge in [0.1, 0.15) is 23.7 Å². The third-order valence-electron chi connectivity index (χ3n) is 4.33. The summed E-state index contributed by atoms with van der Waals surface area (Å²) in [6, 6.07) is 2.46. The van der Waals surface area contributed by atoms with Crippen molar-refractivity contribution in [2.45, 2.75) is 18.9 Å². The molecule has 1 saturated heterocycles. The van der Waals surface area contributed by atoms with E-state index in [4.69, 9.17) is 0 Å². The maximum Gasteiger partial charge on any atom is 0.167 e. The first-order chi connectivity index (χ1) is 11.7. The number of nitrogens with zero attached hydrogens (tertiary/aromatic N) is 5. The first-order valence-electron chi connectivity index (χ1n) is 8.08. The molecule has 6 nitrogen and oxygen atoms in total. The Morgan fingerprint density at radius 2 is 1.62 bits per heavy atom. The summed E-state index contributed by atoms with van der Waals surface area (Å²) < 4.78 is 27.7. The van der Waals surface area contributed by atoms with Gasteiger partial charge in [-0.15, -0.1) is 0 Å². The second-order valence-electron chi connectivity index (χ2n) is 6.11. The SMILES string of the molecule is Fc1cncc(F)c1N1CCN(c2cc(NC3CC3)ncn2)CC1. The molecule has 0 spiro atoms. The number of aromatic nitrogens is 3. The molecular weight excluding hydrogens is 314 g/mol. The maximum absolute atomic E-state index is 13.8. The predicted octanol–water partition coefficient (Wildman–Crippen LogP) is 2.05. The third kappa shape index (κ3) is 3.08. The zero-order valence-electron chi connectivity index (χ0n) is 13.1. The fourth-order valence-electron chi connectivity index (χ4n) is 2.90. The van der Waals surface area contributed by atoms with E-state index in [1.54, 1.807) is 11.2 Å². The second-order valence-corrected chi connectivity index (χ2v) is 6.11. The molecule has 0 unspecified atom stereocenters. The summed E-state index contributed by atoms with van der Waals surface area (Å²) in [5, 5.41) is 3.35. The molecule has 3 heterocycles. The lowest BCUT2D eigenvalue weighted by molar-refractivity contribution is 0.548. The molecule has 4 rings (SSSR count). The van der Waals surface area contributed by atoms with Crippen molar-refractivity contribution in [2.24, 2.45) is 0 Å². The van der Waals surface area contributed by atoms with Gasteiger partial charge in [-0.1, -0.05) is 0 Å². The standard InChI is InChI=1S/C16H18F2N6/c17-12-8-19-9-13(18)16(12)24-5-3-23(4-6-24)15-7-14(20-10-21-15)22-11-1-2-11/h7-11H,1-6H2,(H,20,21,22). The molecule has 2 fully saturated rings. The average Bonchev–Trinajstić information content (AvgIpc) is 3.40. The first kappa shape index (κ1) is 15.0. The fourth-order valence-corrected chi connectivity index (χ4v) is 2.90. The van der Waals surface area contributed by atoms with E-state index in [1.165, 1.54) is 12.8 Å². The summed E-state index contributed by atoms with van der Waals surface area (Å²) in [6.45, 7) is 2.32. The van der Waals surface area contributed by atoms with Gasteiger partial charge in [0.15, 0.2) is 11.6 Å². The molecule has 0 atom stereocenters. The van der Waals surface area contributed by atoms with Crippen LogP contribution in [0, 0.1) is 11.6 Å². The minimum Gasteiger partial charge on any atom is -0.367 e. The van der Waals surface area contributed by atoms with Crippen molar-refractivity contribution in [1.82, 2.24) is 15.0 Å². The molecule has 0 amide bonds. The Morgan fingerprint density at radius 1 is 0.958 bits per heavy atom. The molecule has 1 N–H and O–H groups in total. The van der Waals surface area contributed by atoms with Crippen LogP contribution in [0.25, 0.3) is 0 Å². The monoisotopic (exact) mass is 332 g/mol. The van der Waals surface area contributed by atoms with Crippen LogP contribution in [0.5, 0.6) is 0 Å². The Kier molecular flexibility index (Phi) is 3.87. The molecule has 1 aliphatic heterocycles. The van der Waals surface area contributed by atoms with Gasteiger partial charge in [0.25, 0.3) is 0 Å². The second kappa shape index (κ2) is 6.18. The van der Waals surface area contributed by atoms with Crippen molar-refractivity contribution in [3.63, 3.8) is 0 Å². The lowest BCUT2D eigenvalue weighted by Crippen LogP contribution is -2.47. The quantitative estimate of drug-likeness (QED) is 0.925. The Labute approximate surface area is 138 Å². The molecule has 0 bridgehead atoms. The average molecular weight is 332 g/mol. The van der Waals surface area contributed by atoms with Crippen molar-refractivity contribution in [3.8, 4) is 0 Å². The Hall–Kier alpha value is -2.51. The molecule has 24 heavy (non-hydrogen) atoms. The van der Waals surface area contributed by atoms with E-state index in [9.17, 15) is 8.78 Å². The van der Waals surface area contributed by atoms with Gasteiger partial charge >= 0.3 is 0 Å². The number of rotatable bonds is 4. The van der Waals surface area contributed by atoms with Crippen LogP contribution < -0.4 is 15.1 Å². The van der Waals surface area contributed by atoms with Gasteiger partial charge in [-0.25, -0.2) is 18.7 Å². The van der Waals surface area contributed by atoms with Crippen LogP contribution in [0.1, 0.15) is 12.8 Å². The van der Waals surface area contributed by atoms with Crippen LogP contribution >= 0.6 is 0 Å². The van der Waals surface area contributed by atoms with E-state index in [2.05, 4.69) is 25.2 Å². The van der Waals surface area contributed by atoms with Gasteiger partial charge in [0.2, 0.25) is 0 Å². The maximum atomic E-state index is 13.8. The molecule has 126 valence electrons. The number of anilines is 3. The van der Waals surface area contributed by atoms with E-state index in [0.717, 1.165) is 24.0 Å². The predicted molar refractivity (Wildman–Crippen MR) is 87.3 cm³/mol. The van der Waals surface area contributed by atoms with Crippen molar-refractivity contribution >= 4 is 17.3 Å². The minimum atomic E-state index is -0.624. The number of piperazine rings is 1. The van der Waals surface area contributed by atoms with Crippen molar-refractivity contribution in [1.29, 1.82) is 0 Å². The van der Waals surface area contributed by atoms with Crippen LogP contribution in [-0.2, 0) is 0 Å². The Bertz CT molecular complexity index is 708. The van der Waals surface area contributed by atoms with E-state index in [-0.39, 0.29) is 5.69 Å². The lowest BCUT2D eigenvalue weighted by Gasteiger charge is -2.36. The number of nitrogens with one attached hydrogen (secondary N) is 1. The summed E-state index contributed by atoms with van der Waals surface area (Å²) in [5.41, 5.74) is 0.00317. The van der Waals surface area contributed by atoms with Crippen molar-refractivity contribution < 1.29 is 8.78 Å². The smallest absolute Gasteiger partial charge is 0.167 e. The van der Waals surface area contributed by atoms with Crippen LogP contribution in [-0.4, -0.2) is 47.2 Å². The zero-order valence-corrected chi connectivity index (χ0v) is 13.1. The first-order valence-corrected chi connectivity index (χ1v) is 8.08. The van der Waals surface area contributed by atoms with Gasteiger partial charge in [0.05, 0.1) is 12.4 Å². The highest BCUT2D eigenvalue weighted by Gasteiger charge is 2.24. The number of hydrogen-bond donors (Lipinski definition) is 1. The molecule has 0 radical (unpaired) electrons. The summed E-state index contributed by atoms with van der Waals surface area (Å²) in [6.07, 6.45) is 6.01. The largest absolute Gasteiger partial charge is 0.367 e. The summed E-state index contributed by atoms with van der Waals surface area (Å²) in [5.74, 6) is 0.419. The normalized spacial score (nSPS) is 17.9. The van der Waals surface area contributed by atoms with E-state index < -0.39 is 11.6 Å². The summed E-state index contributed by atoms with van der Waals surface area (Å²) in [4.78, 5) is 15.9. The van der Waals surface area contributed by atoms with Crippen LogP contribution in [0.4, 0.5) is 26.1 Å². The van der Waals surface area contributed by atoms with Crippen molar-refractivity contribution in [3.05, 3.63) is 36.4 Å². The topological polar surface area (TPSA) is 57.2 Å². The van der Waals surface area contributed by atoms with Gasteiger partial charge in [-0.05, 0) is 12.8 Å². The van der Waals surface area contributed by atoms with Gasteiger partial charge < -0.3 is 15.1 Å². The third-order valence-corrected chi connectivity index (χ3v) is 4.33. The zero-order chi connectivity index (χ0) is 16.5. The highest BCUT2D eigenvalue weighted by atomic mass is 19.1. The number of halogens is 2. The van der Waals surface area contributed by atoms with Crippen LogP contribution in [0.3, 0.4) is 0 Å². The van der Waals surface area contributed by atoms with Crippen molar-refractivity contribution in [2.75, 3.05) is 41.3 Å². The van der Waals surface area contributed by atoms with Crippen LogP contribution in [0.15, 0.2) is 24.8 Å². The van der Waals surface area contributed by atoms with E-state index in [0.29, 0.717) is 32.2 Å². The molecule has 2 aromatic rings. The fraction of sp³-hybridized carbons (Fsp3) is 0.438. The van der Waals surface area contributed by atoms with Gasteiger partial charge in [-0.3, -0.25) is 4.98 Å². The van der Waals surface area contributed by atoms with E-state index >= 15 is 0 Å².